The molecule has 1 aromatic heterocycles. The molecule has 1 fully saturated rings. The van der Waals surface area contributed by atoms with E-state index in [1.165, 1.54) is 16.6 Å². The number of nitrogens with two attached hydrogens (primary N) is 1. The Kier molecular flexibility index (Phi) is 2.34. The topological polar surface area (TPSA) is 76.5 Å². The highest BCUT2D eigenvalue weighted by Gasteiger charge is 2.32. The third-order valence-electron chi connectivity index (χ3n) is 2.28. The Labute approximate surface area is 82.5 Å². The first-order valence-corrected chi connectivity index (χ1v) is 5.84. The van der Waals surface area contributed by atoms with E-state index in [2.05, 4.69) is 0 Å². The second-order valence-electron chi connectivity index (χ2n) is 3.34. The summed E-state index contributed by atoms with van der Waals surface area (Å²) in [4.78, 5) is 0. The third kappa shape index (κ3) is 1.56. The number of nitrogens with zero attached hydrogens (tertiary/aromatic N) is 1. The maximum absolute atomic E-state index is 11.8. The van der Waals surface area contributed by atoms with Crippen molar-refractivity contribution in [2.24, 2.45) is 5.73 Å². The highest BCUT2D eigenvalue weighted by Crippen LogP contribution is 2.20. The van der Waals surface area contributed by atoms with Gasteiger partial charge in [-0.25, -0.2) is 8.42 Å². The fourth-order valence-electron chi connectivity index (χ4n) is 1.51. The molecule has 0 bridgehead atoms. The SMILES string of the molecule is NC1CCN(S(=O)(=O)c2ccco2)C1. The lowest BCUT2D eigenvalue weighted by Gasteiger charge is -2.13. The van der Waals surface area contributed by atoms with Gasteiger partial charge in [0.05, 0.1) is 6.26 Å². The van der Waals surface area contributed by atoms with Gasteiger partial charge in [0.25, 0.3) is 10.0 Å². The molecule has 1 aromatic rings. The highest BCUT2D eigenvalue weighted by atomic mass is 32.2. The third-order valence-corrected chi connectivity index (χ3v) is 4.03. The molecular weight excluding hydrogens is 204 g/mol. The minimum atomic E-state index is -3.44. The minimum Gasteiger partial charge on any atom is -0.452 e. The number of rotatable bonds is 2. The van der Waals surface area contributed by atoms with Crippen molar-refractivity contribution in [2.45, 2.75) is 17.6 Å². The van der Waals surface area contributed by atoms with Gasteiger partial charge in [-0.3, -0.25) is 0 Å². The maximum atomic E-state index is 11.8. The molecule has 14 heavy (non-hydrogen) atoms. The van der Waals surface area contributed by atoms with E-state index in [1.54, 1.807) is 6.07 Å². The van der Waals surface area contributed by atoms with E-state index < -0.39 is 10.0 Å². The average Bonchev–Trinajstić information content (AvgIpc) is 2.72. The van der Waals surface area contributed by atoms with E-state index in [0.717, 1.165) is 0 Å². The highest BCUT2D eigenvalue weighted by molar-refractivity contribution is 7.89. The van der Waals surface area contributed by atoms with Crippen molar-refractivity contribution in [3.63, 3.8) is 0 Å². The van der Waals surface area contributed by atoms with E-state index in [9.17, 15) is 8.42 Å². The fourth-order valence-corrected chi connectivity index (χ4v) is 2.93. The van der Waals surface area contributed by atoms with Crippen molar-refractivity contribution in [1.29, 1.82) is 0 Å². The Morgan fingerprint density at radius 2 is 2.36 bits per heavy atom. The molecule has 5 nitrogen and oxygen atoms in total. The van der Waals surface area contributed by atoms with Crippen molar-refractivity contribution in [1.82, 2.24) is 4.31 Å². The van der Waals surface area contributed by atoms with Crippen molar-refractivity contribution >= 4 is 10.0 Å². The van der Waals surface area contributed by atoms with Crippen LogP contribution in [0.15, 0.2) is 27.9 Å². The number of hydrogen-bond acceptors (Lipinski definition) is 4. The summed E-state index contributed by atoms with van der Waals surface area (Å²) in [7, 11) is -3.44. The van der Waals surface area contributed by atoms with Crippen LogP contribution in [-0.2, 0) is 10.0 Å². The van der Waals surface area contributed by atoms with Gasteiger partial charge in [-0.05, 0) is 18.6 Å². The monoisotopic (exact) mass is 216 g/mol. The van der Waals surface area contributed by atoms with Crippen LogP contribution in [0.4, 0.5) is 0 Å². The molecule has 0 radical (unpaired) electrons. The molecule has 0 aromatic carbocycles. The predicted molar refractivity (Wildman–Crippen MR) is 50.1 cm³/mol. The van der Waals surface area contributed by atoms with Gasteiger partial charge in [0, 0.05) is 19.1 Å². The summed E-state index contributed by atoms with van der Waals surface area (Å²) in [5.74, 6) is 0. The zero-order valence-corrected chi connectivity index (χ0v) is 8.40. The molecule has 1 aliphatic rings. The van der Waals surface area contributed by atoms with Gasteiger partial charge >= 0.3 is 0 Å². The largest absolute Gasteiger partial charge is 0.452 e. The maximum Gasteiger partial charge on any atom is 0.276 e. The zero-order chi connectivity index (χ0) is 10.2. The van der Waals surface area contributed by atoms with E-state index in [1.807, 2.05) is 0 Å². The van der Waals surface area contributed by atoms with E-state index in [0.29, 0.717) is 19.5 Å². The molecule has 0 saturated carbocycles. The summed E-state index contributed by atoms with van der Waals surface area (Å²) in [6.07, 6.45) is 2.06. The molecule has 0 amide bonds. The summed E-state index contributed by atoms with van der Waals surface area (Å²) in [5, 5.41) is -0.00778. The smallest absolute Gasteiger partial charge is 0.276 e. The van der Waals surface area contributed by atoms with Gasteiger partial charge in [0.1, 0.15) is 0 Å². The quantitative estimate of drug-likeness (QED) is 0.755. The minimum absolute atomic E-state index is 0.00778. The lowest BCUT2D eigenvalue weighted by Crippen LogP contribution is -2.31. The zero-order valence-electron chi connectivity index (χ0n) is 7.59. The van der Waals surface area contributed by atoms with Gasteiger partial charge in [0.15, 0.2) is 0 Å². The first-order chi connectivity index (χ1) is 6.60. The predicted octanol–water partition coefficient (Wildman–Crippen LogP) is 0.00130. The van der Waals surface area contributed by atoms with Crippen LogP contribution in [-0.4, -0.2) is 31.9 Å². The second kappa shape index (κ2) is 3.38. The van der Waals surface area contributed by atoms with Crippen LogP contribution in [0, 0.1) is 0 Å². The molecular formula is C8H12N2O3S. The average molecular weight is 216 g/mol. The number of furan rings is 1. The Morgan fingerprint density at radius 3 is 2.86 bits per heavy atom. The van der Waals surface area contributed by atoms with Crippen LogP contribution in [0.5, 0.6) is 0 Å². The van der Waals surface area contributed by atoms with Crippen LogP contribution in [0.2, 0.25) is 0 Å². The van der Waals surface area contributed by atoms with Crippen molar-refractivity contribution < 1.29 is 12.8 Å². The van der Waals surface area contributed by atoms with E-state index in [4.69, 9.17) is 10.2 Å². The molecule has 0 spiro atoms. The van der Waals surface area contributed by atoms with Gasteiger partial charge in [-0.2, -0.15) is 4.31 Å². The summed E-state index contributed by atoms with van der Waals surface area (Å²) in [6.45, 7) is 0.854. The van der Waals surface area contributed by atoms with E-state index >= 15 is 0 Å². The molecule has 1 aliphatic heterocycles. The molecule has 78 valence electrons. The summed E-state index contributed by atoms with van der Waals surface area (Å²) >= 11 is 0. The van der Waals surface area contributed by atoms with Crippen molar-refractivity contribution in [2.75, 3.05) is 13.1 Å². The molecule has 2 rings (SSSR count). The van der Waals surface area contributed by atoms with Crippen molar-refractivity contribution in [3.05, 3.63) is 18.4 Å². The van der Waals surface area contributed by atoms with Crippen LogP contribution in [0.25, 0.3) is 0 Å². The second-order valence-corrected chi connectivity index (χ2v) is 5.21. The number of hydrogen-bond donors (Lipinski definition) is 1. The molecule has 6 heteroatoms. The van der Waals surface area contributed by atoms with Crippen LogP contribution >= 0.6 is 0 Å². The Hall–Kier alpha value is -0.850. The molecule has 1 atom stereocenters. The summed E-state index contributed by atoms with van der Waals surface area (Å²) in [5.41, 5.74) is 5.64. The molecule has 2 heterocycles. The van der Waals surface area contributed by atoms with Crippen LogP contribution in [0.1, 0.15) is 6.42 Å². The van der Waals surface area contributed by atoms with Crippen molar-refractivity contribution in [3.8, 4) is 0 Å². The first-order valence-electron chi connectivity index (χ1n) is 4.40. The number of sulfonamides is 1. The normalized spacial score (nSPS) is 24.2. The van der Waals surface area contributed by atoms with Gasteiger partial charge < -0.3 is 10.2 Å². The molecule has 0 aliphatic carbocycles. The molecule has 2 N–H and O–H groups in total. The van der Waals surface area contributed by atoms with E-state index in [-0.39, 0.29) is 11.1 Å². The summed E-state index contributed by atoms with van der Waals surface area (Å²) in [6, 6.07) is 2.95. The Balaban J connectivity index is 2.26. The summed E-state index contributed by atoms with van der Waals surface area (Å²) < 4.78 is 29.9. The Morgan fingerprint density at radius 1 is 1.57 bits per heavy atom. The molecule has 1 saturated heterocycles. The Bertz CT molecular complexity index is 398. The first kappa shape index (κ1) is 9.70. The van der Waals surface area contributed by atoms with Crippen LogP contribution in [0.3, 0.4) is 0 Å². The molecule has 1 unspecified atom stereocenters. The standard InChI is InChI=1S/C8H12N2O3S/c9-7-3-4-10(6-7)14(11,12)8-2-1-5-13-8/h1-2,5,7H,3-4,6,9H2. The van der Waals surface area contributed by atoms with Gasteiger partial charge in [0.2, 0.25) is 5.09 Å². The van der Waals surface area contributed by atoms with Crippen LogP contribution < -0.4 is 5.73 Å². The van der Waals surface area contributed by atoms with Gasteiger partial charge in [-0.15, -0.1) is 0 Å². The lowest BCUT2D eigenvalue weighted by atomic mass is 10.3. The van der Waals surface area contributed by atoms with Gasteiger partial charge in [-0.1, -0.05) is 0 Å². The lowest BCUT2D eigenvalue weighted by molar-refractivity contribution is 0.409. The fraction of sp³-hybridized carbons (Fsp3) is 0.500.